The first-order valence-electron chi connectivity index (χ1n) is 9.70. The number of methoxy groups -OCH3 is 2. The third-order valence-electron chi connectivity index (χ3n) is 5.17. The number of aliphatic hydroxyl groups excluding tert-OH is 1. The number of halogens is 1. The first-order valence-corrected chi connectivity index (χ1v) is 10.1. The van der Waals surface area contributed by atoms with Gasteiger partial charge in [-0.05, 0) is 44.4 Å². The molecule has 0 unspecified atom stereocenters. The van der Waals surface area contributed by atoms with Crippen molar-refractivity contribution in [1.29, 1.82) is 0 Å². The lowest BCUT2D eigenvalue weighted by Gasteiger charge is -2.28. The number of likely N-dealkylation sites (tertiary alicyclic amines) is 1. The van der Waals surface area contributed by atoms with E-state index < -0.39 is 17.7 Å². The van der Waals surface area contributed by atoms with Crippen LogP contribution in [0.4, 0.5) is 0 Å². The SMILES string of the molecule is COc1cccc([C@@H]2C(=C(O)c3ccc(Cl)cc3)C(=O)C(=O)N2CCN(C)C)c1OC. The highest BCUT2D eigenvalue weighted by Crippen LogP contribution is 2.45. The van der Waals surface area contributed by atoms with E-state index in [-0.39, 0.29) is 11.3 Å². The van der Waals surface area contributed by atoms with Crippen LogP contribution >= 0.6 is 11.6 Å². The van der Waals surface area contributed by atoms with Crippen LogP contribution in [-0.2, 0) is 9.59 Å². The Labute approximate surface area is 186 Å². The van der Waals surface area contributed by atoms with Crippen molar-refractivity contribution in [2.75, 3.05) is 41.4 Å². The predicted molar refractivity (Wildman–Crippen MR) is 119 cm³/mol. The van der Waals surface area contributed by atoms with Gasteiger partial charge in [-0.2, -0.15) is 0 Å². The average Bonchev–Trinajstić information content (AvgIpc) is 3.01. The molecular weight excluding hydrogens is 420 g/mol. The Kier molecular flexibility index (Phi) is 6.87. The maximum atomic E-state index is 13.1. The lowest BCUT2D eigenvalue weighted by Crippen LogP contribution is -2.35. The van der Waals surface area contributed by atoms with Gasteiger partial charge in [-0.3, -0.25) is 9.59 Å². The molecule has 1 atom stereocenters. The van der Waals surface area contributed by atoms with Gasteiger partial charge in [-0.15, -0.1) is 0 Å². The molecular formula is C23H25ClN2O5. The highest BCUT2D eigenvalue weighted by Gasteiger charge is 2.47. The van der Waals surface area contributed by atoms with Crippen molar-refractivity contribution in [3.05, 3.63) is 64.2 Å². The van der Waals surface area contributed by atoms with Crippen LogP contribution in [0.25, 0.3) is 5.76 Å². The molecule has 3 rings (SSSR count). The van der Waals surface area contributed by atoms with Crippen molar-refractivity contribution < 1.29 is 24.2 Å². The van der Waals surface area contributed by atoms with Gasteiger partial charge in [-0.1, -0.05) is 23.7 Å². The minimum Gasteiger partial charge on any atom is -0.507 e. The Morgan fingerprint density at radius 1 is 1.10 bits per heavy atom. The molecule has 1 amide bonds. The molecule has 2 aromatic carbocycles. The number of nitrogens with zero attached hydrogens (tertiary/aromatic N) is 2. The number of carbonyl (C=O) groups is 2. The number of rotatable bonds is 7. The normalized spacial score (nSPS) is 18.0. The number of amides is 1. The maximum absolute atomic E-state index is 13.1. The van der Waals surface area contributed by atoms with E-state index in [4.69, 9.17) is 21.1 Å². The standard InChI is InChI=1S/C23H25ClN2O5/c1-25(2)12-13-26-19(16-6-5-7-17(30-3)22(16)31-4)18(21(28)23(26)29)20(27)14-8-10-15(24)11-9-14/h5-11,19,27H,12-13H2,1-4H3/t19-/m1/s1. The zero-order chi connectivity index (χ0) is 22.7. The smallest absolute Gasteiger partial charge is 0.295 e. The molecule has 164 valence electrons. The number of aliphatic hydroxyl groups is 1. The highest BCUT2D eigenvalue weighted by atomic mass is 35.5. The van der Waals surface area contributed by atoms with Crippen LogP contribution in [0.5, 0.6) is 11.5 Å². The molecule has 0 saturated carbocycles. The summed E-state index contributed by atoms with van der Waals surface area (Å²) in [7, 11) is 6.77. The molecule has 2 aromatic rings. The molecule has 1 heterocycles. The lowest BCUT2D eigenvalue weighted by atomic mass is 9.94. The fourth-order valence-corrected chi connectivity index (χ4v) is 3.76. The van der Waals surface area contributed by atoms with Crippen LogP contribution in [0.2, 0.25) is 5.02 Å². The van der Waals surface area contributed by atoms with Crippen molar-refractivity contribution in [2.24, 2.45) is 0 Å². The summed E-state index contributed by atoms with van der Waals surface area (Å²) in [6, 6.07) is 10.8. The van der Waals surface area contributed by atoms with Crippen LogP contribution in [0, 0.1) is 0 Å². The molecule has 1 saturated heterocycles. The maximum Gasteiger partial charge on any atom is 0.295 e. The van der Waals surface area contributed by atoms with Gasteiger partial charge in [0, 0.05) is 29.2 Å². The molecule has 31 heavy (non-hydrogen) atoms. The number of ketones is 1. The number of hydrogen-bond donors (Lipinski definition) is 1. The van der Waals surface area contributed by atoms with E-state index in [2.05, 4.69) is 0 Å². The summed E-state index contributed by atoms with van der Waals surface area (Å²) in [5.41, 5.74) is 0.940. The van der Waals surface area contributed by atoms with E-state index in [1.807, 2.05) is 19.0 Å². The Morgan fingerprint density at radius 2 is 1.77 bits per heavy atom. The minimum absolute atomic E-state index is 0.00219. The van der Waals surface area contributed by atoms with Crippen molar-refractivity contribution >= 4 is 29.1 Å². The van der Waals surface area contributed by atoms with E-state index in [0.29, 0.717) is 40.7 Å². The zero-order valence-electron chi connectivity index (χ0n) is 17.9. The van der Waals surface area contributed by atoms with Gasteiger partial charge >= 0.3 is 0 Å². The molecule has 1 aliphatic rings. The Hall–Kier alpha value is -3.03. The lowest BCUT2D eigenvalue weighted by molar-refractivity contribution is -0.140. The quantitative estimate of drug-likeness (QED) is 0.401. The topological polar surface area (TPSA) is 79.3 Å². The van der Waals surface area contributed by atoms with Crippen LogP contribution in [0.3, 0.4) is 0 Å². The summed E-state index contributed by atoms with van der Waals surface area (Å²) < 4.78 is 11.0. The summed E-state index contributed by atoms with van der Waals surface area (Å²) in [5, 5.41) is 11.6. The number of Topliss-reactive ketones (excluding diaryl/α,β-unsaturated/α-hetero) is 1. The molecule has 0 radical (unpaired) electrons. The fourth-order valence-electron chi connectivity index (χ4n) is 3.63. The number of para-hydroxylation sites is 1. The minimum atomic E-state index is -0.833. The van der Waals surface area contributed by atoms with Crippen molar-refractivity contribution in [3.63, 3.8) is 0 Å². The summed E-state index contributed by atoms with van der Waals surface area (Å²) in [5.74, 6) is -0.830. The van der Waals surface area contributed by atoms with Crippen LogP contribution in [-0.4, -0.2) is 68.0 Å². The molecule has 0 aliphatic carbocycles. The largest absolute Gasteiger partial charge is 0.507 e. The molecule has 0 aromatic heterocycles. The molecule has 1 fully saturated rings. The summed E-state index contributed by atoms with van der Waals surface area (Å²) in [6.45, 7) is 0.830. The number of carbonyl (C=O) groups excluding carboxylic acids is 2. The van der Waals surface area contributed by atoms with Crippen LogP contribution in [0.15, 0.2) is 48.0 Å². The van der Waals surface area contributed by atoms with Crippen LogP contribution < -0.4 is 9.47 Å². The molecule has 8 heteroatoms. The van der Waals surface area contributed by atoms with E-state index in [9.17, 15) is 14.7 Å². The van der Waals surface area contributed by atoms with E-state index in [1.165, 1.54) is 19.1 Å². The van der Waals surface area contributed by atoms with E-state index in [1.54, 1.807) is 42.5 Å². The molecule has 1 N–H and O–H groups in total. The number of ether oxygens (including phenoxy) is 2. The molecule has 0 spiro atoms. The first kappa shape index (κ1) is 22.7. The summed E-state index contributed by atoms with van der Waals surface area (Å²) in [4.78, 5) is 29.4. The second-order valence-electron chi connectivity index (χ2n) is 7.39. The van der Waals surface area contributed by atoms with Crippen LogP contribution in [0.1, 0.15) is 17.2 Å². The number of likely N-dealkylation sites (N-methyl/N-ethyl adjacent to an activating group) is 1. The van der Waals surface area contributed by atoms with E-state index >= 15 is 0 Å². The summed E-state index contributed by atoms with van der Waals surface area (Å²) in [6.07, 6.45) is 0. The monoisotopic (exact) mass is 444 g/mol. The third kappa shape index (κ3) is 4.38. The van der Waals surface area contributed by atoms with Gasteiger partial charge in [0.05, 0.1) is 25.8 Å². The number of benzene rings is 2. The van der Waals surface area contributed by atoms with Crippen molar-refractivity contribution in [2.45, 2.75) is 6.04 Å². The third-order valence-corrected chi connectivity index (χ3v) is 5.43. The Bertz CT molecular complexity index is 1020. The second kappa shape index (κ2) is 9.41. The zero-order valence-corrected chi connectivity index (χ0v) is 18.6. The van der Waals surface area contributed by atoms with Gasteiger partial charge in [-0.25, -0.2) is 0 Å². The van der Waals surface area contributed by atoms with E-state index in [0.717, 1.165) is 0 Å². The van der Waals surface area contributed by atoms with Gasteiger partial charge in [0.15, 0.2) is 11.5 Å². The predicted octanol–water partition coefficient (Wildman–Crippen LogP) is 3.34. The second-order valence-corrected chi connectivity index (χ2v) is 7.82. The molecule has 1 aliphatic heterocycles. The van der Waals surface area contributed by atoms with Gasteiger partial charge < -0.3 is 24.4 Å². The Morgan fingerprint density at radius 3 is 2.35 bits per heavy atom. The average molecular weight is 445 g/mol. The molecule has 0 bridgehead atoms. The Balaban J connectivity index is 2.23. The van der Waals surface area contributed by atoms with Crippen molar-refractivity contribution in [3.8, 4) is 11.5 Å². The highest BCUT2D eigenvalue weighted by molar-refractivity contribution is 6.46. The van der Waals surface area contributed by atoms with Gasteiger partial charge in [0.25, 0.3) is 11.7 Å². The van der Waals surface area contributed by atoms with Gasteiger partial charge in [0.2, 0.25) is 0 Å². The van der Waals surface area contributed by atoms with Crippen molar-refractivity contribution in [1.82, 2.24) is 9.80 Å². The van der Waals surface area contributed by atoms with Gasteiger partial charge in [0.1, 0.15) is 5.76 Å². The summed E-state index contributed by atoms with van der Waals surface area (Å²) >= 11 is 5.96. The fraction of sp³-hybridized carbons (Fsp3) is 0.304. The number of hydrogen-bond acceptors (Lipinski definition) is 6. The first-order chi connectivity index (χ1) is 14.8. The molecule has 7 nitrogen and oxygen atoms in total.